The number of fused-ring (bicyclic) bond motifs is 1. The Hall–Kier alpha value is -2.55. The summed E-state index contributed by atoms with van der Waals surface area (Å²) in [5.41, 5.74) is 7.29. The van der Waals surface area contributed by atoms with E-state index in [1.807, 2.05) is 54.6 Å². The first-order chi connectivity index (χ1) is 8.83. The van der Waals surface area contributed by atoms with Gasteiger partial charge in [0.15, 0.2) is 0 Å². The van der Waals surface area contributed by atoms with Gasteiger partial charge in [0, 0.05) is 17.3 Å². The molecule has 0 radical (unpaired) electrons. The van der Waals surface area contributed by atoms with Crippen molar-refractivity contribution in [2.75, 3.05) is 5.73 Å². The molecule has 3 aromatic rings. The van der Waals surface area contributed by atoms with Crippen LogP contribution in [0.15, 0.2) is 60.8 Å². The van der Waals surface area contributed by atoms with Gasteiger partial charge >= 0.3 is 0 Å². The summed E-state index contributed by atoms with van der Waals surface area (Å²) < 4.78 is 5.85. The molecule has 0 amide bonds. The lowest BCUT2D eigenvalue weighted by Gasteiger charge is -2.08. The number of rotatable bonds is 2. The molecule has 0 spiro atoms. The first-order valence-electron chi connectivity index (χ1n) is 5.70. The van der Waals surface area contributed by atoms with Gasteiger partial charge in [-0.25, -0.2) is 0 Å². The van der Waals surface area contributed by atoms with E-state index in [1.165, 1.54) is 0 Å². The average molecular weight is 236 g/mol. The number of benzene rings is 2. The molecule has 0 bridgehead atoms. The fourth-order valence-corrected chi connectivity index (χ4v) is 1.83. The highest BCUT2D eigenvalue weighted by molar-refractivity contribution is 5.85. The fraction of sp³-hybridized carbons (Fsp3) is 0. The molecule has 2 aromatic carbocycles. The van der Waals surface area contributed by atoms with Gasteiger partial charge in [-0.3, -0.25) is 4.98 Å². The second-order valence-electron chi connectivity index (χ2n) is 4.00. The quantitative estimate of drug-likeness (QED) is 0.691. The smallest absolute Gasteiger partial charge is 0.136 e. The summed E-state index contributed by atoms with van der Waals surface area (Å²) in [6.07, 6.45) is 1.77. The predicted octanol–water partition coefficient (Wildman–Crippen LogP) is 3.61. The van der Waals surface area contributed by atoms with Crippen LogP contribution >= 0.6 is 0 Å². The minimum absolute atomic E-state index is 0.724. The van der Waals surface area contributed by atoms with Crippen molar-refractivity contribution < 1.29 is 4.74 Å². The summed E-state index contributed by atoms with van der Waals surface area (Å²) >= 11 is 0. The molecule has 0 saturated heterocycles. The number of nitrogen functional groups attached to an aromatic ring is 1. The van der Waals surface area contributed by atoms with E-state index in [2.05, 4.69) is 4.98 Å². The lowest BCUT2D eigenvalue weighted by molar-refractivity contribution is 0.488. The molecule has 3 heteroatoms. The Morgan fingerprint density at radius 1 is 0.889 bits per heavy atom. The van der Waals surface area contributed by atoms with Crippen molar-refractivity contribution in [3.05, 3.63) is 60.8 Å². The standard InChI is InChI=1S/C15H12N2O/c16-11-6-8-12(9-7-11)18-15-5-1-4-14-13(15)3-2-10-17-14/h1-10H,16H2. The van der Waals surface area contributed by atoms with Crippen LogP contribution in [0.3, 0.4) is 0 Å². The number of ether oxygens (including phenoxy) is 1. The maximum absolute atomic E-state index is 5.85. The topological polar surface area (TPSA) is 48.1 Å². The molecule has 0 aliphatic heterocycles. The van der Waals surface area contributed by atoms with Crippen molar-refractivity contribution in [2.24, 2.45) is 0 Å². The van der Waals surface area contributed by atoms with Crippen molar-refractivity contribution in [3.63, 3.8) is 0 Å². The van der Waals surface area contributed by atoms with E-state index in [9.17, 15) is 0 Å². The highest BCUT2D eigenvalue weighted by atomic mass is 16.5. The molecule has 0 aliphatic rings. The molecule has 2 N–H and O–H groups in total. The third kappa shape index (κ3) is 1.98. The molecule has 0 aliphatic carbocycles. The van der Waals surface area contributed by atoms with Gasteiger partial charge < -0.3 is 10.5 Å². The molecule has 0 saturated carbocycles. The molecule has 0 fully saturated rings. The van der Waals surface area contributed by atoms with Crippen molar-refractivity contribution in [3.8, 4) is 11.5 Å². The fourth-order valence-electron chi connectivity index (χ4n) is 1.83. The first-order valence-corrected chi connectivity index (χ1v) is 5.70. The minimum Gasteiger partial charge on any atom is -0.457 e. The summed E-state index contributed by atoms with van der Waals surface area (Å²) in [5.74, 6) is 1.56. The van der Waals surface area contributed by atoms with Crippen LogP contribution in [0.4, 0.5) is 5.69 Å². The normalized spacial score (nSPS) is 10.4. The first kappa shape index (κ1) is 10.6. The van der Waals surface area contributed by atoms with Gasteiger partial charge in [-0.1, -0.05) is 6.07 Å². The molecular formula is C15H12N2O. The third-order valence-corrected chi connectivity index (χ3v) is 2.71. The van der Waals surface area contributed by atoms with Crippen LogP contribution in [0.5, 0.6) is 11.5 Å². The van der Waals surface area contributed by atoms with Gasteiger partial charge in [0.1, 0.15) is 11.5 Å². The van der Waals surface area contributed by atoms with Crippen LogP contribution in [0.2, 0.25) is 0 Å². The maximum Gasteiger partial charge on any atom is 0.136 e. The van der Waals surface area contributed by atoms with Crippen LogP contribution in [0.25, 0.3) is 10.9 Å². The number of hydrogen-bond acceptors (Lipinski definition) is 3. The zero-order valence-corrected chi connectivity index (χ0v) is 9.71. The van der Waals surface area contributed by atoms with Gasteiger partial charge in [0.05, 0.1) is 5.52 Å². The van der Waals surface area contributed by atoms with E-state index < -0.39 is 0 Å². The highest BCUT2D eigenvalue weighted by Gasteiger charge is 2.03. The number of pyridine rings is 1. The summed E-state index contributed by atoms with van der Waals surface area (Å²) in [5, 5.41) is 0.997. The van der Waals surface area contributed by atoms with Crippen molar-refractivity contribution in [1.82, 2.24) is 4.98 Å². The lowest BCUT2D eigenvalue weighted by Crippen LogP contribution is -1.88. The average Bonchev–Trinajstić information content (AvgIpc) is 2.42. The number of aromatic nitrogens is 1. The molecule has 0 unspecified atom stereocenters. The van der Waals surface area contributed by atoms with E-state index in [-0.39, 0.29) is 0 Å². The van der Waals surface area contributed by atoms with E-state index in [0.29, 0.717) is 0 Å². The lowest BCUT2D eigenvalue weighted by atomic mass is 10.2. The molecule has 18 heavy (non-hydrogen) atoms. The zero-order chi connectivity index (χ0) is 12.4. The maximum atomic E-state index is 5.85. The Morgan fingerprint density at radius 2 is 1.72 bits per heavy atom. The van der Waals surface area contributed by atoms with Crippen LogP contribution in [0.1, 0.15) is 0 Å². The van der Waals surface area contributed by atoms with Gasteiger partial charge in [0.25, 0.3) is 0 Å². The Morgan fingerprint density at radius 3 is 2.56 bits per heavy atom. The van der Waals surface area contributed by atoms with Crippen LogP contribution < -0.4 is 10.5 Å². The van der Waals surface area contributed by atoms with E-state index in [1.54, 1.807) is 6.20 Å². The SMILES string of the molecule is Nc1ccc(Oc2cccc3ncccc23)cc1. The Balaban J connectivity index is 2.02. The van der Waals surface area contributed by atoms with Gasteiger partial charge in [0.2, 0.25) is 0 Å². The van der Waals surface area contributed by atoms with Gasteiger partial charge in [-0.2, -0.15) is 0 Å². The number of nitrogens with two attached hydrogens (primary N) is 1. The largest absolute Gasteiger partial charge is 0.457 e. The number of hydrogen-bond donors (Lipinski definition) is 1. The van der Waals surface area contributed by atoms with E-state index in [0.717, 1.165) is 28.1 Å². The third-order valence-electron chi connectivity index (χ3n) is 2.71. The Kier molecular flexibility index (Phi) is 2.57. The van der Waals surface area contributed by atoms with Crippen LogP contribution in [0, 0.1) is 0 Å². The molecule has 3 nitrogen and oxygen atoms in total. The van der Waals surface area contributed by atoms with Gasteiger partial charge in [-0.05, 0) is 48.5 Å². The van der Waals surface area contributed by atoms with Gasteiger partial charge in [-0.15, -0.1) is 0 Å². The Labute approximate surface area is 105 Å². The van der Waals surface area contributed by atoms with Crippen molar-refractivity contribution in [1.29, 1.82) is 0 Å². The summed E-state index contributed by atoms with van der Waals surface area (Å²) in [6, 6.07) is 17.1. The van der Waals surface area contributed by atoms with Crippen molar-refractivity contribution >= 4 is 16.6 Å². The van der Waals surface area contributed by atoms with Crippen LogP contribution in [-0.4, -0.2) is 4.98 Å². The van der Waals surface area contributed by atoms with E-state index in [4.69, 9.17) is 10.5 Å². The zero-order valence-electron chi connectivity index (χ0n) is 9.71. The number of nitrogens with zero attached hydrogens (tertiary/aromatic N) is 1. The molecule has 0 atom stereocenters. The van der Waals surface area contributed by atoms with Crippen LogP contribution in [-0.2, 0) is 0 Å². The number of anilines is 1. The molecule has 1 heterocycles. The highest BCUT2D eigenvalue weighted by Crippen LogP contribution is 2.28. The minimum atomic E-state index is 0.724. The molecule has 88 valence electrons. The van der Waals surface area contributed by atoms with E-state index >= 15 is 0 Å². The molecule has 1 aromatic heterocycles. The summed E-state index contributed by atoms with van der Waals surface area (Å²) in [6.45, 7) is 0. The summed E-state index contributed by atoms with van der Waals surface area (Å²) in [7, 11) is 0. The second-order valence-corrected chi connectivity index (χ2v) is 4.00. The molecule has 3 rings (SSSR count). The summed E-state index contributed by atoms with van der Waals surface area (Å²) in [4.78, 5) is 4.30. The van der Waals surface area contributed by atoms with Crippen molar-refractivity contribution in [2.45, 2.75) is 0 Å². The Bertz CT molecular complexity index is 672. The second kappa shape index (κ2) is 4.37. The monoisotopic (exact) mass is 236 g/mol. The molecular weight excluding hydrogens is 224 g/mol. The predicted molar refractivity (Wildman–Crippen MR) is 72.7 cm³/mol.